The Balaban J connectivity index is 1.36. The summed E-state index contributed by atoms with van der Waals surface area (Å²) >= 11 is 6.06. The molecule has 0 radical (unpaired) electrons. The number of aryl methyl sites for hydroxylation is 1. The molecule has 11 heteroatoms. The number of nitrogens with zero attached hydrogens (tertiary/aromatic N) is 4. The molecule has 0 spiro atoms. The highest BCUT2D eigenvalue weighted by Crippen LogP contribution is 2.36. The molecular weight excluding hydrogens is 459 g/mol. The molecule has 5 aromatic rings. The van der Waals surface area contributed by atoms with Gasteiger partial charge in [-0.05, 0) is 25.3 Å². The number of hydrogen-bond acceptors (Lipinski definition) is 10. The number of rotatable bonds is 6. The van der Waals surface area contributed by atoms with E-state index >= 15 is 0 Å². The first-order valence-electron chi connectivity index (χ1n) is 9.02. The van der Waals surface area contributed by atoms with Gasteiger partial charge >= 0.3 is 0 Å². The van der Waals surface area contributed by atoms with Crippen molar-refractivity contribution in [1.82, 2.24) is 25.1 Å². The van der Waals surface area contributed by atoms with E-state index in [4.69, 9.17) is 4.42 Å². The van der Waals surface area contributed by atoms with Crippen molar-refractivity contribution in [2.75, 3.05) is 0 Å². The van der Waals surface area contributed by atoms with Crippen molar-refractivity contribution in [1.29, 1.82) is 0 Å². The Morgan fingerprint density at radius 3 is 2.87 bits per heavy atom. The van der Waals surface area contributed by atoms with Crippen LogP contribution < -0.4 is 5.56 Å². The largest absolute Gasteiger partial charge is 0.416 e. The second-order valence-corrected chi connectivity index (χ2v) is 10.7. The highest BCUT2D eigenvalue weighted by molar-refractivity contribution is 7.99. The molecule has 5 heterocycles. The molecule has 5 aromatic heterocycles. The lowest BCUT2D eigenvalue weighted by Crippen LogP contribution is -2.12. The van der Waals surface area contributed by atoms with Crippen molar-refractivity contribution in [2.45, 2.75) is 30.7 Å². The van der Waals surface area contributed by atoms with E-state index in [2.05, 4.69) is 25.1 Å². The first kappa shape index (κ1) is 19.6. The molecule has 0 saturated carbocycles. The Labute approximate surface area is 187 Å². The van der Waals surface area contributed by atoms with E-state index in [1.807, 2.05) is 42.1 Å². The number of thiophene rings is 2. The third-order valence-electron chi connectivity index (χ3n) is 4.36. The van der Waals surface area contributed by atoms with E-state index in [1.165, 1.54) is 23.1 Å². The highest BCUT2D eigenvalue weighted by atomic mass is 32.2. The lowest BCUT2D eigenvalue weighted by Gasteiger charge is -2.07. The van der Waals surface area contributed by atoms with Gasteiger partial charge < -0.3 is 9.40 Å². The van der Waals surface area contributed by atoms with Crippen molar-refractivity contribution in [3.05, 3.63) is 61.0 Å². The molecule has 5 rings (SSSR count). The van der Waals surface area contributed by atoms with Gasteiger partial charge in [-0.3, -0.25) is 4.79 Å². The molecule has 7 nitrogen and oxygen atoms in total. The lowest BCUT2D eigenvalue weighted by molar-refractivity contribution is 0.418. The summed E-state index contributed by atoms with van der Waals surface area (Å²) in [6, 6.07) is 3.99. The summed E-state index contributed by atoms with van der Waals surface area (Å²) in [4.78, 5) is 26.6. The highest BCUT2D eigenvalue weighted by Gasteiger charge is 2.19. The molecule has 0 aromatic carbocycles. The first-order valence-corrected chi connectivity index (χ1v) is 12.5. The number of aromatic amines is 1. The summed E-state index contributed by atoms with van der Waals surface area (Å²) in [5.41, 5.74) is 1.73. The standard InChI is InChI=1S/C19H15N5O2S4/c1-9(30-19-24-23-14(26-19)6-11-7-28-10(2)20-11)16-21-17(25)15-12(8-29-18(15)22-16)13-4-3-5-27-13/h3-5,7-9H,6H2,1-2H3,(H,21,22,25). The number of aromatic nitrogens is 5. The van der Waals surface area contributed by atoms with Gasteiger partial charge in [0.05, 0.1) is 27.8 Å². The van der Waals surface area contributed by atoms with Crippen LogP contribution in [0.3, 0.4) is 0 Å². The van der Waals surface area contributed by atoms with Gasteiger partial charge in [0.1, 0.15) is 10.7 Å². The molecule has 1 N–H and O–H groups in total. The average molecular weight is 474 g/mol. The minimum atomic E-state index is -0.149. The van der Waals surface area contributed by atoms with Crippen LogP contribution in [0, 0.1) is 6.92 Å². The number of H-pyrrole nitrogens is 1. The van der Waals surface area contributed by atoms with Crippen LogP contribution in [0.5, 0.6) is 0 Å². The summed E-state index contributed by atoms with van der Waals surface area (Å²) in [6.07, 6.45) is 0.508. The Bertz CT molecular complexity index is 1370. The van der Waals surface area contributed by atoms with Crippen LogP contribution in [0.1, 0.15) is 34.6 Å². The Morgan fingerprint density at radius 2 is 2.10 bits per heavy atom. The normalized spacial score (nSPS) is 12.6. The molecular formula is C19H15N5O2S4. The van der Waals surface area contributed by atoms with Gasteiger partial charge in [-0.25, -0.2) is 9.97 Å². The molecule has 1 atom stereocenters. The van der Waals surface area contributed by atoms with Gasteiger partial charge in [0.2, 0.25) is 5.89 Å². The average Bonchev–Trinajstić information content (AvgIpc) is 3.49. The Morgan fingerprint density at radius 1 is 1.20 bits per heavy atom. The van der Waals surface area contributed by atoms with E-state index in [0.29, 0.717) is 28.7 Å². The Hall–Kier alpha value is -2.34. The van der Waals surface area contributed by atoms with Crippen LogP contribution in [0.15, 0.2) is 42.7 Å². The van der Waals surface area contributed by atoms with Gasteiger partial charge in [-0.15, -0.1) is 44.2 Å². The topological polar surface area (TPSA) is 97.6 Å². The zero-order chi connectivity index (χ0) is 20.7. The number of thiazole rings is 1. The third-order valence-corrected chi connectivity index (χ3v) is 7.90. The van der Waals surface area contributed by atoms with Gasteiger partial charge in [0.25, 0.3) is 10.8 Å². The molecule has 152 valence electrons. The monoisotopic (exact) mass is 473 g/mol. The van der Waals surface area contributed by atoms with Gasteiger partial charge in [-0.1, -0.05) is 17.8 Å². The molecule has 30 heavy (non-hydrogen) atoms. The number of thioether (sulfide) groups is 1. The van der Waals surface area contributed by atoms with Crippen LogP contribution in [-0.2, 0) is 6.42 Å². The predicted molar refractivity (Wildman–Crippen MR) is 122 cm³/mol. The van der Waals surface area contributed by atoms with Gasteiger partial charge in [-0.2, -0.15) is 0 Å². The molecule has 0 saturated heterocycles. The maximum atomic E-state index is 12.8. The quantitative estimate of drug-likeness (QED) is 0.334. The van der Waals surface area contributed by atoms with Crippen LogP contribution in [0.25, 0.3) is 20.7 Å². The summed E-state index contributed by atoms with van der Waals surface area (Å²) in [7, 11) is 0. The zero-order valence-corrected chi connectivity index (χ0v) is 19.2. The molecule has 0 bridgehead atoms. The summed E-state index contributed by atoms with van der Waals surface area (Å²) in [5, 5.41) is 16.1. The molecule has 0 amide bonds. The molecule has 0 aliphatic heterocycles. The SMILES string of the molecule is Cc1nc(Cc2nnc(SC(C)c3nc4scc(-c5cccs5)c4c(=O)[nH]3)o2)cs1. The molecule has 0 aliphatic rings. The Kier molecular flexibility index (Phi) is 5.27. The van der Waals surface area contributed by atoms with E-state index < -0.39 is 0 Å². The second-order valence-electron chi connectivity index (χ2n) is 6.51. The van der Waals surface area contributed by atoms with E-state index in [9.17, 15) is 4.79 Å². The maximum Gasteiger partial charge on any atom is 0.277 e. The minimum Gasteiger partial charge on any atom is -0.416 e. The number of nitrogens with one attached hydrogen (secondary N) is 1. The summed E-state index contributed by atoms with van der Waals surface area (Å²) in [6.45, 7) is 3.92. The van der Waals surface area contributed by atoms with Crippen molar-refractivity contribution in [3.8, 4) is 10.4 Å². The molecule has 0 fully saturated rings. The number of hydrogen-bond donors (Lipinski definition) is 1. The van der Waals surface area contributed by atoms with Crippen LogP contribution >= 0.6 is 45.8 Å². The van der Waals surface area contributed by atoms with E-state index in [0.717, 1.165) is 26.0 Å². The lowest BCUT2D eigenvalue weighted by atomic mass is 10.2. The minimum absolute atomic E-state index is 0.128. The molecule has 1 unspecified atom stereocenters. The fourth-order valence-corrected chi connectivity index (χ4v) is 6.12. The maximum absolute atomic E-state index is 12.8. The van der Waals surface area contributed by atoms with Gasteiger partial charge in [0.15, 0.2) is 0 Å². The van der Waals surface area contributed by atoms with Crippen LogP contribution in [0.4, 0.5) is 0 Å². The van der Waals surface area contributed by atoms with Crippen molar-refractivity contribution >= 4 is 56.0 Å². The fraction of sp³-hybridized carbons (Fsp3) is 0.211. The van der Waals surface area contributed by atoms with Crippen LogP contribution in [-0.4, -0.2) is 25.1 Å². The van der Waals surface area contributed by atoms with Crippen molar-refractivity contribution < 1.29 is 4.42 Å². The smallest absolute Gasteiger partial charge is 0.277 e. The summed E-state index contributed by atoms with van der Waals surface area (Å²) in [5.74, 6) is 1.11. The zero-order valence-electron chi connectivity index (χ0n) is 15.9. The second kappa shape index (κ2) is 8.06. The van der Waals surface area contributed by atoms with Crippen molar-refractivity contribution in [3.63, 3.8) is 0 Å². The van der Waals surface area contributed by atoms with Crippen molar-refractivity contribution in [2.24, 2.45) is 0 Å². The first-order chi connectivity index (χ1) is 14.6. The van der Waals surface area contributed by atoms with Gasteiger partial charge in [0, 0.05) is 21.2 Å². The van der Waals surface area contributed by atoms with E-state index in [1.54, 1.807) is 22.7 Å². The van der Waals surface area contributed by atoms with Crippen LogP contribution in [0.2, 0.25) is 0 Å². The third kappa shape index (κ3) is 3.85. The fourth-order valence-electron chi connectivity index (χ4n) is 2.98. The number of fused-ring (bicyclic) bond motifs is 1. The predicted octanol–water partition coefficient (Wildman–Crippen LogP) is 5.31. The molecule has 0 aliphatic carbocycles. The van der Waals surface area contributed by atoms with E-state index in [-0.39, 0.29) is 10.8 Å². The summed E-state index contributed by atoms with van der Waals surface area (Å²) < 4.78 is 5.75.